The molecule has 0 saturated heterocycles. The molecule has 4 unspecified atom stereocenters. The third kappa shape index (κ3) is 9.10. The maximum Gasteiger partial charge on any atom is 0.326 e. The normalized spacial score (nSPS) is 14.3. The summed E-state index contributed by atoms with van der Waals surface area (Å²) in [5.41, 5.74) is 6.25. The number of carbonyl (C=O) groups excluding carboxylic acids is 3. The highest BCUT2D eigenvalue weighted by Crippen LogP contribution is 2.04. The first-order valence-corrected chi connectivity index (χ1v) is 9.81. The Labute approximate surface area is 184 Å². The van der Waals surface area contributed by atoms with Crippen LogP contribution in [0.1, 0.15) is 25.3 Å². The standard InChI is InChI=1S/C20H28N4O8/c1-11(17(28)23-14(20(31)32)9-12-5-3-2-4-6-12)22-19(30)15(10-25)24-18(29)13(21)7-8-16(26)27/h2-6,11,13-15,25H,7-10,21H2,1H3,(H,22,30)(H,23,28)(H,24,29)(H,26,27)(H,31,32). The van der Waals surface area contributed by atoms with Gasteiger partial charge in [-0.1, -0.05) is 30.3 Å². The molecule has 12 nitrogen and oxygen atoms in total. The number of nitrogens with two attached hydrogens (primary N) is 1. The van der Waals surface area contributed by atoms with Crippen LogP contribution < -0.4 is 21.7 Å². The Morgan fingerprint density at radius 3 is 2.03 bits per heavy atom. The highest BCUT2D eigenvalue weighted by atomic mass is 16.4. The number of carboxylic acid groups (broad SMARTS) is 2. The first-order valence-electron chi connectivity index (χ1n) is 9.81. The highest BCUT2D eigenvalue weighted by molar-refractivity contribution is 5.94. The van der Waals surface area contributed by atoms with Gasteiger partial charge in [0.15, 0.2) is 0 Å². The molecule has 1 rings (SSSR count). The van der Waals surface area contributed by atoms with Crippen molar-refractivity contribution < 1.29 is 39.3 Å². The number of benzene rings is 1. The molecule has 0 fully saturated rings. The van der Waals surface area contributed by atoms with E-state index in [2.05, 4.69) is 16.0 Å². The quantitative estimate of drug-likeness (QED) is 0.176. The maximum absolute atomic E-state index is 12.4. The second-order valence-electron chi connectivity index (χ2n) is 7.10. The fourth-order valence-electron chi connectivity index (χ4n) is 2.61. The van der Waals surface area contributed by atoms with Gasteiger partial charge in [0.2, 0.25) is 17.7 Å². The number of rotatable bonds is 13. The van der Waals surface area contributed by atoms with Crippen molar-refractivity contribution in [3.8, 4) is 0 Å². The number of nitrogens with one attached hydrogen (secondary N) is 3. The molecule has 0 heterocycles. The van der Waals surface area contributed by atoms with Gasteiger partial charge in [0.25, 0.3) is 0 Å². The molecule has 4 atom stereocenters. The van der Waals surface area contributed by atoms with Gasteiger partial charge in [0.1, 0.15) is 18.1 Å². The van der Waals surface area contributed by atoms with Gasteiger partial charge in [-0.2, -0.15) is 0 Å². The first kappa shape index (κ1) is 26.5. The van der Waals surface area contributed by atoms with Crippen LogP contribution in [-0.4, -0.2) is 75.8 Å². The number of aliphatic hydroxyl groups is 1. The molecule has 3 amide bonds. The van der Waals surface area contributed by atoms with Crippen molar-refractivity contribution >= 4 is 29.7 Å². The smallest absolute Gasteiger partial charge is 0.326 e. The molecule has 0 spiro atoms. The molecular weight excluding hydrogens is 424 g/mol. The third-order valence-electron chi connectivity index (χ3n) is 4.47. The first-order chi connectivity index (χ1) is 15.0. The van der Waals surface area contributed by atoms with Crippen LogP contribution in [0, 0.1) is 0 Å². The van der Waals surface area contributed by atoms with E-state index in [4.69, 9.17) is 10.8 Å². The Kier molecular flexibility index (Phi) is 10.8. The number of aliphatic carboxylic acids is 2. The largest absolute Gasteiger partial charge is 0.481 e. The number of hydrogen-bond donors (Lipinski definition) is 7. The van der Waals surface area contributed by atoms with E-state index < -0.39 is 60.4 Å². The minimum atomic E-state index is -1.44. The van der Waals surface area contributed by atoms with Gasteiger partial charge in [-0.05, 0) is 18.9 Å². The predicted molar refractivity (Wildman–Crippen MR) is 111 cm³/mol. The zero-order valence-corrected chi connectivity index (χ0v) is 17.5. The van der Waals surface area contributed by atoms with E-state index in [0.717, 1.165) is 0 Å². The number of amides is 3. The summed E-state index contributed by atoms with van der Waals surface area (Å²) in [6.07, 6.45) is -0.487. The molecule has 12 heteroatoms. The van der Waals surface area contributed by atoms with E-state index in [1.54, 1.807) is 30.3 Å². The molecule has 0 aliphatic heterocycles. The molecule has 0 bridgehead atoms. The Hall–Kier alpha value is -3.51. The van der Waals surface area contributed by atoms with Crippen LogP contribution in [-0.2, 0) is 30.4 Å². The van der Waals surface area contributed by atoms with E-state index in [0.29, 0.717) is 5.56 Å². The molecule has 0 aliphatic rings. The summed E-state index contributed by atoms with van der Waals surface area (Å²) in [6.45, 7) is 0.507. The minimum Gasteiger partial charge on any atom is -0.481 e. The monoisotopic (exact) mass is 452 g/mol. The Morgan fingerprint density at radius 1 is 0.906 bits per heavy atom. The minimum absolute atomic E-state index is 0.0339. The van der Waals surface area contributed by atoms with E-state index >= 15 is 0 Å². The third-order valence-corrected chi connectivity index (χ3v) is 4.47. The van der Waals surface area contributed by atoms with Crippen LogP contribution in [0.2, 0.25) is 0 Å². The molecule has 176 valence electrons. The van der Waals surface area contributed by atoms with Crippen LogP contribution in [0.3, 0.4) is 0 Å². The van der Waals surface area contributed by atoms with Crippen molar-refractivity contribution in [2.24, 2.45) is 5.73 Å². The molecule has 1 aromatic carbocycles. The molecule has 0 aromatic heterocycles. The van der Waals surface area contributed by atoms with Crippen molar-refractivity contribution in [2.75, 3.05) is 6.61 Å². The number of carboxylic acids is 2. The van der Waals surface area contributed by atoms with E-state index in [-0.39, 0.29) is 19.3 Å². The molecule has 32 heavy (non-hydrogen) atoms. The summed E-state index contributed by atoms with van der Waals surface area (Å²) < 4.78 is 0. The van der Waals surface area contributed by atoms with Crippen LogP contribution in [0.25, 0.3) is 0 Å². The molecule has 0 radical (unpaired) electrons. The van der Waals surface area contributed by atoms with E-state index in [1.165, 1.54) is 6.92 Å². The topological polar surface area (TPSA) is 208 Å². The van der Waals surface area contributed by atoms with Gasteiger partial charge in [0, 0.05) is 12.8 Å². The lowest BCUT2D eigenvalue weighted by atomic mass is 10.1. The van der Waals surface area contributed by atoms with Gasteiger partial charge in [-0.25, -0.2) is 4.79 Å². The van der Waals surface area contributed by atoms with Crippen molar-refractivity contribution in [3.63, 3.8) is 0 Å². The number of carbonyl (C=O) groups is 5. The lowest BCUT2D eigenvalue weighted by Gasteiger charge is -2.22. The average Bonchev–Trinajstić information content (AvgIpc) is 2.75. The van der Waals surface area contributed by atoms with Crippen LogP contribution in [0.15, 0.2) is 30.3 Å². The Balaban J connectivity index is 2.64. The molecule has 1 aromatic rings. The van der Waals surface area contributed by atoms with Crippen LogP contribution in [0.5, 0.6) is 0 Å². The van der Waals surface area contributed by atoms with Crippen molar-refractivity contribution in [1.29, 1.82) is 0 Å². The van der Waals surface area contributed by atoms with Crippen molar-refractivity contribution in [1.82, 2.24) is 16.0 Å². The van der Waals surface area contributed by atoms with Gasteiger partial charge >= 0.3 is 11.9 Å². The Morgan fingerprint density at radius 2 is 1.50 bits per heavy atom. The van der Waals surface area contributed by atoms with E-state index in [9.17, 15) is 34.2 Å². The fourth-order valence-corrected chi connectivity index (χ4v) is 2.61. The summed E-state index contributed by atoms with van der Waals surface area (Å²) in [6, 6.07) is 3.61. The maximum atomic E-state index is 12.4. The number of hydrogen-bond acceptors (Lipinski definition) is 7. The number of aliphatic hydroxyl groups excluding tert-OH is 1. The second kappa shape index (κ2) is 13.0. The van der Waals surface area contributed by atoms with Gasteiger partial charge in [-0.3, -0.25) is 19.2 Å². The predicted octanol–water partition coefficient (Wildman–Crippen LogP) is -2.03. The highest BCUT2D eigenvalue weighted by Gasteiger charge is 2.28. The second-order valence-corrected chi connectivity index (χ2v) is 7.10. The SMILES string of the molecule is CC(NC(=O)C(CO)NC(=O)C(N)CCC(=O)O)C(=O)NC(Cc1ccccc1)C(=O)O. The molecule has 8 N–H and O–H groups in total. The van der Waals surface area contributed by atoms with Crippen molar-refractivity contribution in [2.45, 2.75) is 50.4 Å². The molecule has 0 saturated carbocycles. The lowest BCUT2D eigenvalue weighted by molar-refractivity contribution is -0.142. The summed E-state index contributed by atoms with van der Waals surface area (Å²) in [4.78, 5) is 58.7. The average molecular weight is 452 g/mol. The summed E-state index contributed by atoms with van der Waals surface area (Å²) in [5, 5.41) is 34.2. The van der Waals surface area contributed by atoms with Crippen LogP contribution in [0.4, 0.5) is 0 Å². The fraction of sp³-hybridized carbons (Fsp3) is 0.450. The van der Waals surface area contributed by atoms with Gasteiger partial charge < -0.3 is 37.0 Å². The zero-order valence-electron chi connectivity index (χ0n) is 17.5. The molecular formula is C20H28N4O8. The summed E-state index contributed by atoms with van der Waals surface area (Å²) in [7, 11) is 0. The molecule has 0 aliphatic carbocycles. The lowest BCUT2D eigenvalue weighted by Crippen LogP contribution is -2.57. The zero-order chi connectivity index (χ0) is 24.3. The van der Waals surface area contributed by atoms with Crippen LogP contribution >= 0.6 is 0 Å². The summed E-state index contributed by atoms with van der Waals surface area (Å²) in [5.74, 6) is -4.91. The van der Waals surface area contributed by atoms with Crippen molar-refractivity contribution in [3.05, 3.63) is 35.9 Å². The van der Waals surface area contributed by atoms with E-state index in [1.807, 2.05) is 0 Å². The Bertz CT molecular complexity index is 817. The van der Waals surface area contributed by atoms with Gasteiger partial charge in [0.05, 0.1) is 12.6 Å². The summed E-state index contributed by atoms with van der Waals surface area (Å²) >= 11 is 0. The van der Waals surface area contributed by atoms with Gasteiger partial charge in [-0.15, -0.1) is 0 Å².